The van der Waals surface area contributed by atoms with Crippen LogP contribution in [0.25, 0.3) is 0 Å². The van der Waals surface area contributed by atoms with Crippen molar-refractivity contribution in [2.45, 2.75) is 118 Å². The number of likely N-dealkylation sites (tertiary alicyclic amines) is 2. The number of rotatable bonds is 17. The van der Waals surface area contributed by atoms with Crippen LogP contribution >= 0.6 is 0 Å². The lowest BCUT2D eigenvalue weighted by molar-refractivity contribution is -0.144. The zero-order valence-corrected chi connectivity index (χ0v) is 39.0. The number of hydrogen-bond donors (Lipinski definition) is 0. The van der Waals surface area contributed by atoms with E-state index in [2.05, 4.69) is 103 Å². The lowest BCUT2D eigenvalue weighted by Crippen LogP contribution is -2.47. The van der Waals surface area contributed by atoms with Crippen molar-refractivity contribution < 1.29 is 19.2 Å². The minimum absolute atomic E-state index is 0.00463. The molecule has 0 bridgehead atoms. The molecule has 11 heteroatoms. The number of carbonyl (C=O) groups is 4. The Morgan fingerprint density at radius 3 is 1.28 bits per heavy atom. The lowest BCUT2D eigenvalue weighted by atomic mass is 9.77. The number of para-hydroxylation sites is 1. The standard InChI is InChI=1S/C54H65N7O4/c1-53(2,3)43(34-49-55-26-12-27-56-49)51(64)60-30-10-16-45(60)47(62)32-38-18-22-40(23-19-38)36-59(42-14-8-7-9-15-42)37-41-24-20-39(21-25-41)33-48(63)46-17-11-31-61(46)52(65)44(54(4,5)6)35-50-57-28-13-29-58-50/h7-9,12-15,18-29,43-46H,10-11,16-17,30-37H2,1-6H3/t43-,44-,45+,46+/m1/s1. The van der Waals surface area contributed by atoms with Gasteiger partial charge in [-0.1, -0.05) is 108 Å². The lowest BCUT2D eigenvalue weighted by Gasteiger charge is -2.34. The van der Waals surface area contributed by atoms with E-state index in [1.54, 1.807) is 36.9 Å². The van der Waals surface area contributed by atoms with E-state index in [9.17, 15) is 19.2 Å². The van der Waals surface area contributed by atoms with Gasteiger partial charge < -0.3 is 14.7 Å². The molecule has 2 saturated heterocycles. The van der Waals surface area contributed by atoms with Gasteiger partial charge in [0.05, 0.1) is 23.9 Å². The summed E-state index contributed by atoms with van der Waals surface area (Å²) in [7, 11) is 0. The number of ketones is 2. The van der Waals surface area contributed by atoms with Crippen molar-refractivity contribution in [1.82, 2.24) is 29.7 Å². The number of nitrogens with zero attached hydrogens (tertiary/aromatic N) is 7. The van der Waals surface area contributed by atoms with Crippen LogP contribution in [0.1, 0.15) is 101 Å². The van der Waals surface area contributed by atoms with Crippen molar-refractivity contribution in [3.8, 4) is 0 Å². The zero-order valence-electron chi connectivity index (χ0n) is 39.0. The maximum Gasteiger partial charge on any atom is 0.227 e. The van der Waals surface area contributed by atoms with Gasteiger partial charge in [-0.3, -0.25) is 19.2 Å². The third-order valence-corrected chi connectivity index (χ3v) is 13.2. The number of Topliss-reactive ketones (excluding diaryl/α,β-unsaturated/α-hetero) is 2. The third-order valence-electron chi connectivity index (χ3n) is 13.2. The van der Waals surface area contributed by atoms with Gasteiger partial charge in [0.2, 0.25) is 11.8 Å². The van der Waals surface area contributed by atoms with Gasteiger partial charge in [-0.2, -0.15) is 0 Å². The summed E-state index contributed by atoms with van der Waals surface area (Å²) >= 11 is 0. The smallest absolute Gasteiger partial charge is 0.227 e. The molecule has 4 heterocycles. The van der Waals surface area contributed by atoms with Crippen molar-refractivity contribution >= 4 is 29.1 Å². The molecule has 0 saturated carbocycles. The number of aromatic nitrogens is 4. The molecule has 0 aliphatic carbocycles. The number of benzene rings is 3. The SMILES string of the molecule is CC(C)(C)[C@H](Cc1ncccn1)C(=O)N1CCC[C@H]1C(=O)Cc1ccc(CN(Cc2ccc(CC(=O)[C@@H]3CCCN3C(=O)[C@@H](Cc3ncccn3)C(C)(C)C)cc2)c2ccccc2)cc1. The Labute approximate surface area is 385 Å². The third kappa shape index (κ3) is 12.2. The summed E-state index contributed by atoms with van der Waals surface area (Å²) in [4.78, 5) is 79.3. The topological polar surface area (TPSA) is 130 Å². The van der Waals surface area contributed by atoms with Gasteiger partial charge in [0.15, 0.2) is 11.6 Å². The van der Waals surface area contributed by atoms with Crippen molar-refractivity contribution in [3.05, 3.63) is 150 Å². The molecule has 0 unspecified atom stereocenters. The predicted octanol–water partition coefficient (Wildman–Crippen LogP) is 8.49. The molecule has 0 radical (unpaired) electrons. The van der Waals surface area contributed by atoms with E-state index in [1.165, 1.54) is 0 Å². The van der Waals surface area contributed by atoms with E-state index in [1.807, 2.05) is 52.3 Å². The van der Waals surface area contributed by atoms with Crippen molar-refractivity contribution in [3.63, 3.8) is 0 Å². The first-order chi connectivity index (χ1) is 31.1. The highest BCUT2D eigenvalue weighted by molar-refractivity contribution is 5.92. The Morgan fingerprint density at radius 2 is 0.908 bits per heavy atom. The van der Waals surface area contributed by atoms with Crippen LogP contribution in [-0.4, -0.2) is 78.3 Å². The molecule has 11 nitrogen and oxygen atoms in total. The van der Waals surface area contributed by atoms with E-state index >= 15 is 0 Å². The molecule has 2 aromatic heterocycles. The fourth-order valence-electron chi connectivity index (χ4n) is 9.38. The molecular weight excluding hydrogens is 811 g/mol. The van der Waals surface area contributed by atoms with E-state index in [0.717, 1.165) is 40.8 Å². The zero-order chi connectivity index (χ0) is 46.1. The van der Waals surface area contributed by atoms with Crippen molar-refractivity contribution in [1.29, 1.82) is 0 Å². The Hall–Kier alpha value is -6.10. The quantitative estimate of drug-likeness (QED) is 0.0904. The summed E-state index contributed by atoms with van der Waals surface area (Å²) in [5.41, 5.74) is 4.53. The minimum Gasteiger partial charge on any atom is -0.363 e. The Morgan fingerprint density at radius 1 is 0.538 bits per heavy atom. The van der Waals surface area contributed by atoms with Crippen LogP contribution in [0.5, 0.6) is 0 Å². The van der Waals surface area contributed by atoms with Gasteiger partial charge in [0.25, 0.3) is 0 Å². The van der Waals surface area contributed by atoms with Crippen LogP contribution in [-0.2, 0) is 58.0 Å². The molecular formula is C54H65N7O4. The molecule has 0 spiro atoms. The molecule has 340 valence electrons. The first-order valence-corrected chi connectivity index (χ1v) is 23.3. The van der Waals surface area contributed by atoms with Gasteiger partial charge in [-0.05, 0) is 83.0 Å². The predicted molar refractivity (Wildman–Crippen MR) is 253 cm³/mol. The number of carbonyl (C=O) groups excluding carboxylic acids is 4. The molecule has 7 rings (SSSR count). The molecule has 2 amide bonds. The van der Waals surface area contributed by atoms with Gasteiger partial charge in [-0.25, -0.2) is 19.9 Å². The fourth-order valence-corrected chi connectivity index (χ4v) is 9.38. The van der Waals surface area contributed by atoms with Gasteiger partial charge >= 0.3 is 0 Å². The average Bonchev–Trinajstić information content (AvgIpc) is 4.00. The second-order valence-corrected chi connectivity index (χ2v) is 20.1. The van der Waals surface area contributed by atoms with Crippen molar-refractivity contribution in [2.75, 3.05) is 18.0 Å². The number of hydrogen-bond acceptors (Lipinski definition) is 9. The first-order valence-electron chi connectivity index (χ1n) is 23.3. The fraction of sp³-hybridized carbons (Fsp3) is 0.444. The second kappa shape index (κ2) is 20.8. The van der Waals surface area contributed by atoms with E-state index < -0.39 is 12.1 Å². The first kappa shape index (κ1) is 46.9. The summed E-state index contributed by atoms with van der Waals surface area (Å²) in [6, 6.07) is 29.5. The van der Waals surface area contributed by atoms with Gasteiger partial charge in [-0.15, -0.1) is 0 Å². The molecule has 2 aliphatic rings. The maximum atomic E-state index is 14.1. The highest BCUT2D eigenvalue weighted by Crippen LogP contribution is 2.35. The number of anilines is 1. The van der Waals surface area contributed by atoms with Crippen LogP contribution in [0.4, 0.5) is 5.69 Å². The summed E-state index contributed by atoms with van der Waals surface area (Å²) in [5, 5.41) is 0. The van der Waals surface area contributed by atoms with E-state index in [0.29, 0.717) is 63.5 Å². The van der Waals surface area contributed by atoms with Crippen LogP contribution in [0.2, 0.25) is 0 Å². The van der Waals surface area contributed by atoms with Crippen LogP contribution < -0.4 is 4.90 Å². The van der Waals surface area contributed by atoms with E-state index in [4.69, 9.17) is 0 Å². The summed E-state index contributed by atoms with van der Waals surface area (Å²) in [5.74, 6) is 0.746. The highest BCUT2D eigenvalue weighted by atomic mass is 16.2. The molecule has 3 aromatic carbocycles. The van der Waals surface area contributed by atoms with Crippen LogP contribution in [0, 0.1) is 22.7 Å². The molecule has 4 atom stereocenters. The maximum absolute atomic E-state index is 14.1. The Bertz CT molecular complexity index is 2210. The van der Waals surface area contributed by atoms with Gasteiger partial charge in [0, 0.05) is 82.3 Å². The number of amides is 2. The van der Waals surface area contributed by atoms with Crippen LogP contribution in [0.15, 0.2) is 116 Å². The molecule has 5 aromatic rings. The second-order valence-electron chi connectivity index (χ2n) is 20.1. The normalized spacial score (nSPS) is 17.4. The Balaban J connectivity index is 0.965. The molecule has 2 fully saturated rings. The highest BCUT2D eigenvalue weighted by Gasteiger charge is 2.42. The summed E-state index contributed by atoms with van der Waals surface area (Å²) < 4.78 is 0. The van der Waals surface area contributed by atoms with Crippen LogP contribution in [0.3, 0.4) is 0 Å². The molecule has 65 heavy (non-hydrogen) atoms. The molecule has 0 N–H and O–H groups in total. The monoisotopic (exact) mass is 876 g/mol. The minimum atomic E-state index is -0.435. The summed E-state index contributed by atoms with van der Waals surface area (Å²) in [6.45, 7) is 14.9. The average molecular weight is 876 g/mol. The van der Waals surface area contributed by atoms with E-state index in [-0.39, 0.29) is 58.9 Å². The van der Waals surface area contributed by atoms with Crippen molar-refractivity contribution in [2.24, 2.45) is 22.7 Å². The summed E-state index contributed by atoms with van der Waals surface area (Å²) in [6.07, 6.45) is 11.2. The largest absolute Gasteiger partial charge is 0.363 e. The molecule has 2 aliphatic heterocycles. The van der Waals surface area contributed by atoms with Gasteiger partial charge in [0.1, 0.15) is 11.6 Å². The Kier molecular flexibility index (Phi) is 15.0.